The van der Waals surface area contributed by atoms with E-state index in [0.717, 1.165) is 125 Å². The number of aromatic nitrogens is 8. The Morgan fingerprint density at radius 2 is 0.752 bits per heavy atom. The van der Waals surface area contributed by atoms with Crippen LogP contribution < -0.4 is 35.1 Å². The zero-order valence-electron chi connectivity index (χ0n) is 95.2. The zero-order chi connectivity index (χ0) is 108. The molecule has 2 aliphatic carbocycles. The largest absolute Gasteiger partial charge is 0.369 e. The number of hydrogen-bond acceptors (Lipinski definition) is 22. The lowest BCUT2D eigenvalue weighted by molar-refractivity contribution is -0.129. The number of anilines is 6. The van der Waals surface area contributed by atoms with Crippen LogP contribution >= 0.6 is 0 Å². The molecule has 2 amide bonds. The van der Waals surface area contributed by atoms with Gasteiger partial charge in [-0.25, -0.2) is 28.4 Å². The van der Waals surface area contributed by atoms with E-state index in [-0.39, 0.29) is 5.91 Å². The third kappa shape index (κ3) is 33.2. The molecule has 2 aromatic carbocycles. The van der Waals surface area contributed by atoms with Crippen molar-refractivity contribution in [1.29, 1.82) is 0 Å². The number of rotatable bonds is 22. The van der Waals surface area contributed by atoms with Crippen molar-refractivity contribution in [2.24, 2.45) is 11.7 Å². The number of piperidine rings is 1. The Labute approximate surface area is 896 Å². The summed E-state index contributed by atoms with van der Waals surface area (Å²) in [5.41, 5.74) is 24.3. The van der Waals surface area contributed by atoms with Gasteiger partial charge in [0.05, 0.1) is 40.1 Å². The van der Waals surface area contributed by atoms with E-state index in [0.29, 0.717) is 105 Å². The van der Waals surface area contributed by atoms with E-state index >= 15 is 0 Å². The monoisotopic (exact) mass is 2050 g/mol. The lowest BCUT2D eigenvalue weighted by Crippen LogP contribution is -2.64. The molecule has 0 radical (unpaired) electrons. The molecule has 14 heterocycles. The van der Waals surface area contributed by atoms with Crippen molar-refractivity contribution in [3.05, 3.63) is 270 Å². The van der Waals surface area contributed by atoms with Crippen LogP contribution in [0.25, 0.3) is 22.5 Å². The number of nitrogens with zero attached hydrogens (tertiary/aromatic N) is 19. The van der Waals surface area contributed by atoms with Crippen molar-refractivity contribution in [1.82, 2.24) is 64.4 Å². The Bertz CT molecular complexity index is 5990. The van der Waals surface area contributed by atoms with Gasteiger partial charge in [0.2, 0.25) is 11.8 Å². The zero-order valence-corrected chi connectivity index (χ0v) is 96.0. The van der Waals surface area contributed by atoms with E-state index in [9.17, 15) is 18.0 Å². The lowest BCUT2D eigenvalue weighted by Gasteiger charge is -2.55. The number of piperazine rings is 5. The maximum Gasteiger partial charge on any atom is 0.249 e. The molecular formula is C124H180N20O4S. The second kappa shape index (κ2) is 55.9. The van der Waals surface area contributed by atoms with Crippen molar-refractivity contribution < 1.29 is 18.0 Å². The summed E-state index contributed by atoms with van der Waals surface area (Å²) in [5.74, 6) is 9.10. The number of carbonyl (C=O) groups excluding carboxylic acids is 2. The number of likely N-dealkylation sites (N-methyl/N-ethyl adjacent to an activating group) is 1. The van der Waals surface area contributed by atoms with Gasteiger partial charge in [-0.2, -0.15) is 0 Å². The highest BCUT2D eigenvalue weighted by Gasteiger charge is 2.41. The highest BCUT2D eigenvalue weighted by molar-refractivity contribution is 7.90. The average Bonchev–Trinajstić information content (AvgIpc) is 1.38. The molecule has 8 fully saturated rings. The molecule has 149 heavy (non-hydrogen) atoms. The van der Waals surface area contributed by atoms with Crippen LogP contribution in [0.2, 0.25) is 0 Å². The fourth-order valence-electron chi connectivity index (χ4n) is 20.4. The predicted molar refractivity (Wildman–Crippen MR) is 623 cm³/mol. The Kier molecular flexibility index (Phi) is 44.1. The second-order valence-corrected chi connectivity index (χ2v) is 46.7. The first-order chi connectivity index (χ1) is 71.0. The molecule has 8 aliphatic rings. The van der Waals surface area contributed by atoms with E-state index in [4.69, 9.17) is 5.73 Å². The molecule has 8 aromatic heterocycles. The summed E-state index contributed by atoms with van der Waals surface area (Å²) in [6, 6.07) is 47.7. The number of amides is 2. The van der Waals surface area contributed by atoms with E-state index in [2.05, 4.69) is 329 Å². The smallest absolute Gasteiger partial charge is 0.249 e. The maximum absolute atomic E-state index is 11.8. The van der Waals surface area contributed by atoms with Gasteiger partial charge in [-0.05, 0) is 295 Å². The summed E-state index contributed by atoms with van der Waals surface area (Å²) in [7, 11) is -1.08. The Morgan fingerprint density at radius 1 is 0.376 bits per heavy atom. The summed E-state index contributed by atoms with van der Waals surface area (Å²) in [6.07, 6.45) is 31.4. The molecule has 2 saturated carbocycles. The van der Waals surface area contributed by atoms with Gasteiger partial charge in [-0.1, -0.05) is 167 Å². The number of benzene rings is 2. The standard InChI is InChI=1S/C19H29N3.C19H31N3.C16H25N3.C15H16N2O.C15H17NO2S.C14H21N3O.C13H21N3.C13H20N2/c1-13(2)18-10-19(12-20-11-18)22-9-8-21(14(3)15(22)4)16(5)17-6-7-17;1-12(2)18-9-19(11-20-10-18)22-16(7)14(5)21(13(3)4)15(6)17(22)8;1-13(2)14-6-7-17-16(12-14)19-10-8-18(9-11-19)15-4-3-5-15;1-10(2)11-7-8-17-14(9-11)12-5-3-4-6-13(12)15(16)18;1-11(2)12-8-9-16-14(10-12)13-6-4-5-7-15(13)19(3,17)18;1-11(2)13-4-5-15-14(10-13)17-8-6-16(7-9-17)12(3)18;1-11(2)12-4-5-14-13(10-12)16-8-6-15(3)7-9-16;1-11(2)12-6-7-14-13(10-12)15-8-4-3-5-9-15/h10-15,17H,5-9H2,1-4H3;9-12,14-17H,3H2,1-2,4-8H3;6-7,12-13,15H,3-5,8-11H2,1-2H3;3-10H,1-2H3,(H2,16,18);4-11H,1-3H3;4-5,10-11H,6-9H2,1-3H3;4-5,10-11H,6-9H2,1-3H3;6-7,10-11H,3-5,8-9H2,1-2H3. The van der Waals surface area contributed by atoms with Gasteiger partial charge in [-0.15, -0.1) is 0 Å². The van der Waals surface area contributed by atoms with Crippen LogP contribution in [0, 0.1) is 5.92 Å². The fraction of sp³-hybridized carbons (Fsp3) is 0.532. The van der Waals surface area contributed by atoms with Crippen LogP contribution in [0.5, 0.6) is 0 Å². The highest BCUT2D eigenvalue weighted by Crippen LogP contribution is 2.42. The van der Waals surface area contributed by atoms with Gasteiger partial charge in [-0.3, -0.25) is 34.4 Å². The number of carbonyl (C=O) groups is 2. The van der Waals surface area contributed by atoms with Crippen molar-refractivity contribution in [3.63, 3.8) is 0 Å². The molecule has 25 heteroatoms. The first-order valence-corrected chi connectivity index (χ1v) is 57.3. The molecule has 2 N–H and O–H groups in total. The molecule has 6 unspecified atom stereocenters. The molecule has 6 atom stereocenters. The molecule has 10 aromatic rings. The summed E-state index contributed by atoms with van der Waals surface area (Å²) in [4.78, 5) is 85.0. The first-order valence-electron chi connectivity index (χ1n) is 55.4. The summed E-state index contributed by atoms with van der Waals surface area (Å²) >= 11 is 0. The Balaban J connectivity index is 0.000000162. The van der Waals surface area contributed by atoms with Crippen LogP contribution in [-0.2, 0) is 14.6 Å². The van der Waals surface area contributed by atoms with Crippen LogP contribution in [-0.4, -0.2) is 245 Å². The van der Waals surface area contributed by atoms with Crippen molar-refractivity contribution in [3.8, 4) is 22.5 Å². The van der Waals surface area contributed by atoms with E-state index in [1.165, 1.54) is 151 Å². The van der Waals surface area contributed by atoms with E-state index < -0.39 is 15.7 Å². The highest BCUT2D eigenvalue weighted by atomic mass is 32.2. The topological polar surface area (TPSA) is 233 Å². The van der Waals surface area contributed by atoms with Crippen LogP contribution in [0.3, 0.4) is 0 Å². The normalized spacial score (nSPS) is 19.3. The van der Waals surface area contributed by atoms with Gasteiger partial charge in [0.15, 0.2) is 9.84 Å². The van der Waals surface area contributed by atoms with E-state index in [1.54, 1.807) is 49.6 Å². The quantitative estimate of drug-likeness (QED) is 0.0664. The number of hydrogen-bond donors (Lipinski definition) is 1. The molecule has 0 bridgehead atoms. The summed E-state index contributed by atoms with van der Waals surface area (Å²) in [5, 5.41) is 0. The SMILES string of the molecule is C=C(C)N1C(C)C(C)N(c2cncc(C(C)C)c2)C(C)C1C.C=C(C1CC1)N1CCN(c2cncc(C(C)C)c2)C(C)C1C.CC(=O)N1CCN(c2cc(C(C)C)ccn2)CC1.CC(C)c1ccnc(-c2ccccc2C(N)=O)c1.CC(C)c1ccnc(-c2ccccc2S(C)(=O)=O)c1.CC(C)c1ccnc(N2CCCCC2)c1.CC(C)c1ccnc(N2CCN(C)CC2)c1.CC(C)c1ccnc(N2CCN(C3CCC3)CC2)c1. The van der Waals surface area contributed by atoms with Crippen molar-refractivity contribution in [2.45, 2.75) is 312 Å². The van der Waals surface area contributed by atoms with Gasteiger partial charge in [0, 0.05) is 238 Å². The Morgan fingerprint density at radius 3 is 1.15 bits per heavy atom. The Hall–Kier alpha value is -11.7. The third-order valence-electron chi connectivity index (χ3n) is 31.2. The van der Waals surface area contributed by atoms with Gasteiger partial charge < -0.3 is 54.7 Å². The van der Waals surface area contributed by atoms with Gasteiger partial charge in [0.25, 0.3) is 0 Å². The summed E-state index contributed by atoms with van der Waals surface area (Å²) in [6.45, 7) is 78.2. The molecule has 24 nitrogen and oxygen atoms in total. The fourth-order valence-corrected chi connectivity index (χ4v) is 21.3. The molecule has 18 rings (SSSR count). The molecule has 6 aliphatic heterocycles. The van der Waals surface area contributed by atoms with Crippen molar-refractivity contribution in [2.75, 3.05) is 147 Å². The minimum Gasteiger partial charge on any atom is -0.369 e. The first kappa shape index (κ1) is 118. The molecule has 6 saturated heterocycles. The number of allylic oxidation sites excluding steroid dienone is 2. The average molecular weight is 2050 g/mol. The number of sulfone groups is 1. The second-order valence-electron chi connectivity index (χ2n) is 44.7. The van der Waals surface area contributed by atoms with E-state index in [1.807, 2.05) is 96.9 Å². The minimum absolute atomic E-state index is 0.165. The third-order valence-corrected chi connectivity index (χ3v) is 32.3. The summed E-state index contributed by atoms with van der Waals surface area (Å²) < 4.78 is 23.6. The molecular weight excluding hydrogens is 1870 g/mol. The number of primary amides is 1. The van der Waals surface area contributed by atoms with Gasteiger partial charge >= 0.3 is 0 Å². The van der Waals surface area contributed by atoms with Crippen LogP contribution in [0.1, 0.15) is 320 Å². The maximum atomic E-state index is 11.8. The molecule has 806 valence electrons. The van der Waals surface area contributed by atoms with Crippen LogP contribution in [0.4, 0.5) is 34.6 Å². The predicted octanol–water partition coefficient (Wildman–Crippen LogP) is 24.6. The van der Waals surface area contributed by atoms with Crippen LogP contribution in [0.15, 0.2) is 225 Å². The minimum atomic E-state index is -3.25. The van der Waals surface area contributed by atoms with Gasteiger partial charge in [0.1, 0.15) is 23.3 Å². The lowest BCUT2D eigenvalue weighted by atomic mass is 9.91. The van der Waals surface area contributed by atoms with Crippen molar-refractivity contribution >= 4 is 56.3 Å². The number of nitrogens with two attached hydrogens (primary N) is 1. The number of pyridine rings is 8. The molecule has 0 spiro atoms.